The zero-order valence-corrected chi connectivity index (χ0v) is 10.00. The number of carbonyl (C=O) groups excluding carboxylic acids is 1. The summed E-state index contributed by atoms with van der Waals surface area (Å²) in [7, 11) is 0. The second kappa shape index (κ2) is 5.82. The lowest BCUT2D eigenvalue weighted by atomic mass is 10.2. The molecule has 0 amide bonds. The predicted octanol–water partition coefficient (Wildman–Crippen LogP) is 2.70. The average Bonchev–Trinajstić information content (AvgIpc) is 2.42. The molecule has 0 saturated heterocycles. The molecule has 1 aromatic heterocycles. The topological polar surface area (TPSA) is 48.4 Å². The van der Waals surface area contributed by atoms with Crippen molar-refractivity contribution in [3.8, 4) is 11.6 Å². The van der Waals surface area contributed by atoms with Gasteiger partial charge in [-0.05, 0) is 25.1 Å². The summed E-state index contributed by atoms with van der Waals surface area (Å²) in [4.78, 5) is 15.8. The van der Waals surface area contributed by atoms with Crippen LogP contribution in [-0.2, 0) is 0 Å². The monoisotopic (exact) mass is 243 g/mol. The summed E-state index contributed by atoms with van der Waals surface area (Å²) in [5.74, 6) is 0.505. The molecule has 2 aromatic rings. The number of rotatable bonds is 4. The number of nitrogens with zero attached hydrogens (tertiary/aromatic N) is 1. The Bertz CT molecular complexity index is 508. The third-order valence-corrected chi connectivity index (χ3v) is 2.22. The Kier molecular flexibility index (Phi) is 3.91. The standard InChI is InChI=1S/C14H13NO3/c1-2-17-13-9-8-12(10-15-13)18-14(16)11-6-4-3-5-7-11/h3-10H,2H2,1H3. The van der Waals surface area contributed by atoms with Gasteiger partial charge in [0, 0.05) is 6.07 Å². The second-order valence-electron chi connectivity index (χ2n) is 3.52. The lowest BCUT2D eigenvalue weighted by molar-refractivity contribution is 0.0734. The van der Waals surface area contributed by atoms with Crippen LogP contribution < -0.4 is 9.47 Å². The average molecular weight is 243 g/mol. The molecule has 4 nitrogen and oxygen atoms in total. The summed E-state index contributed by atoms with van der Waals surface area (Å²) >= 11 is 0. The lowest BCUT2D eigenvalue weighted by Gasteiger charge is -2.05. The van der Waals surface area contributed by atoms with Gasteiger partial charge in [-0.1, -0.05) is 18.2 Å². The normalized spacial score (nSPS) is 9.83. The zero-order chi connectivity index (χ0) is 12.8. The maximum absolute atomic E-state index is 11.7. The molecule has 18 heavy (non-hydrogen) atoms. The van der Waals surface area contributed by atoms with Crippen LogP contribution in [0.3, 0.4) is 0 Å². The van der Waals surface area contributed by atoms with E-state index in [1.165, 1.54) is 6.20 Å². The van der Waals surface area contributed by atoms with Gasteiger partial charge in [0.2, 0.25) is 5.88 Å². The van der Waals surface area contributed by atoms with E-state index in [0.29, 0.717) is 23.8 Å². The molecule has 4 heteroatoms. The molecule has 2 rings (SSSR count). The molecule has 0 N–H and O–H groups in total. The Morgan fingerprint density at radius 3 is 2.56 bits per heavy atom. The van der Waals surface area contributed by atoms with E-state index < -0.39 is 5.97 Å². The number of hydrogen-bond acceptors (Lipinski definition) is 4. The molecule has 0 aliphatic heterocycles. The van der Waals surface area contributed by atoms with Crippen LogP contribution in [0.15, 0.2) is 48.7 Å². The third kappa shape index (κ3) is 3.07. The van der Waals surface area contributed by atoms with E-state index in [1.54, 1.807) is 36.4 Å². The highest BCUT2D eigenvalue weighted by atomic mass is 16.5. The number of hydrogen-bond donors (Lipinski definition) is 0. The van der Waals surface area contributed by atoms with Crippen LogP contribution in [0.4, 0.5) is 0 Å². The van der Waals surface area contributed by atoms with E-state index in [2.05, 4.69) is 4.98 Å². The van der Waals surface area contributed by atoms with Crippen LogP contribution in [0.2, 0.25) is 0 Å². The molecular formula is C14H13NO3. The van der Waals surface area contributed by atoms with Crippen molar-refractivity contribution in [3.05, 3.63) is 54.2 Å². The smallest absolute Gasteiger partial charge is 0.343 e. The highest BCUT2D eigenvalue weighted by Crippen LogP contribution is 2.15. The number of ether oxygens (including phenoxy) is 2. The Hall–Kier alpha value is -2.36. The van der Waals surface area contributed by atoms with Crippen LogP contribution in [-0.4, -0.2) is 17.6 Å². The molecule has 0 spiro atoms. The summed E-state index contributed by atoms with van der Waals surface area (Å²) in [5.41, 5.74) is 0.506. The summed E-state index contributed by atoms with van der Waals surface area (Å²) in [5, 5.41) is 0. The van der Waals surface area contributed by atoms with Gasteiger partial charge >= 0.3 is 5.97 Å². The van der Waals surface area contributed by atoms with Crippen molar-refractivity contribution in [3.63, 3.8) is 0 Å². The Labute approximate surface area is 105 Å². The molecular weight excluding hydrogens is 230 g/mol. The van der Waals surface area contributed by atoms with Crippen LogP contribution in [0.25, 0.3) is 0 Å². The maximum Gasteiger partial charge on any atom is 0.343 e. The van der Waals surface area contributed by atoms with E-state index in [-0.39, 0.29) is 0 Å². The molecule has 1 aromatic carbocycles. The number of carbonyl (C=O) groups is 1. The molecule has 1 heterocycles. The Morgan fingerprint density at radius 1 is 1.17 bits per heavy atom. The third-order valence-electron chi connectivity index (χ3n) is 2.22. The summed E-state index contributed by atoms with van der Waals surface area (Å²) in [6.45, 7) is 2.43. The molecule has 0 radical (unpaired) electrons. The van der Waals surface area contributed by atoms with Gasteiger partial charge in [0.25, 0.3) is 0 Å². The van der Waals surface area contributed by atoms with Crippen molar-refractivity contribution in [2.45, 2.75) is 6.92 Å². The zero-order valence-electron chi connectivity index (χ0n) is 10.00. The molecule has 0 aliphatic carbocycles. The van der Waals surface area contributed by atoms with Crippen LogP contribution >= 0.6 is 0 Å². The van der Waals surface area contributed by atoms with Gasteiger partial charge in [-0.2, -0.15) is 0 Å². The molecule has 0 atom stereocenters. The minimum Gasteiger partial charge on any atom is -0.478 e. The Balaban J connectivity index is 2.03. The van der Waals surface area contributed by atoms with Gasteiger partial charge in [-0.3, -0.25) is 0 Å². The van der Waals surface area contributed by atoms with Crippen molar-refractivity contribution < 1.29 is 14.3 Å². The molecule has 0 aliphatic rings. The van der Waals surface area contributed by atoms with E-state index in [4.69, 9.17) is 9.47 Å². The Morgan fingerprint density at radius 2 is 1.94 bits per heavy atom. The highest BCUT2D eigenvalue weighted by molar-refractivity contribution is 5.90. The highest BCUT2D eigenvalue weighted by Gasteiger charge is 2.07. The van der Waals surface area contributed by atoms with Gasteiger partial charge < -0.3 is 9.47 Å². The molecule has 0 saturated carbocycles. The minimum absolute atomic E-state index is 0.396. The number of aromatic nitrogens is 1. The maximum atomic E-state index is 11.7. The SMILES string of the molecule is CCOc1ccc(OC(=O)c2ccccc2)cn1. The van der Waals surface area contributed by atoms with Crippen LogP contribution in [0.5, 0.6) is 11.6 Å². The van der Waals surface area contributed by atoms with Crippen LogP contribution in [0, 0.1) is 0 Å². The first-order chi connectivity index (χ1) is 8.79. The van der Waals surface area contributed by atoms with Crippen molar-refractivity contribution in [1.82, 2.24) is 4.98 Å². The number of pyridine rings is 1. The second-order valence-corrected chi connectivity index (χ2v) is 3.52. The van der Waals surface area contributed by atoms with Gasteiger partial charge in [-0.25, -0.2) is 9.78 Å². The number of benzene rings is 1. The van der Waals surface area contributed by atoms with Gasteiger partial charge in [-0.15, -0.1) is 0 Å². The fourth-order valence-electron chi connectivity index (χ4n) is 1.40. The van der Waals surface area contributed by atoms with Crippen molar-refractivity contribution in [2.75, 3.05) is 6.61 Å². The van der Waals surface area contributed by atoms with E-state index in [1.807, 2.05) is 13.0 Å². The summed E-state index contributed by atoms with van der Waals surface area (Å²) in [6, 6.07) is 12.1. The molecule has 92 valence electrons. The summed E-state index contributed by atoms with van der Waals surface area (Å²) < 4.78 is 10.4. The van der Waals surface area contributed by atoms with Gasteiger partial charge in [0.1, 0.15) is 5.75 Å². The molecule has 0 unspecified atom stereocenters. The molecule has 0 bridgehead atoms. The first kappa shape index (κ1) is 12.1. The molecule has 0 fully saturated rings. The van der Waals surface area contributed by atoms with Crippen LogP contribution in [0.1, 0.15) is 17.3 Å². The van der Waals surface area contributed by atoms with Gasteiger partial charge in [0.05, 0.1) is 18.4 Å². The minimum atomic E-state index is -0.401. The first-order valence-electron chi connectivity index (χ1n) is 5.65. The summed E-state index contributed by atoms with van der Waals surface area (Å²) in [6.07, 6.45) is 1.46. The van der Waals surface area contributed by atoms with E-state index >= 15 is 0 Å². The quantitative estimate of drug-likeness (QED) is 0.775. The van der Waals surface area contributed by atoms with Gasteiger partial charge in [0.15, 0.2) is 0 Å². The fourth-order valence-corrected chi connectivity index (χ4v) is 1.40. The lowest BCUT2D eigenvalue weighted by Crippen LogP contribution is -2.08. The van der Waals surface area contributed by atoms with E-state index in [0.717, 1.165) is 0 Å². The first-order valence-corrected chi connectivity index (χ1v) is 5.65. The van der Waals surface area contributed by atoms with Crippen molar-refractivity contribution in [2.24, 2.45) is 0 Å². The fraction of sp³-hybridized carbons (Fsp3) is 0.143. The van der Waals surface area contributed by atoms with Crippen molar-refractivity contribution >= 4 is 5.97 Å². The predicted molar refractivity (Wildman–Crippen MR) is 66.8 cm³/mol. The van der Waals surface area contributed by atoms with Crippen molar-refractivity contribution in [1.29, 1.82) is 0 Å². The largest absolute Gasteiger partial charge is 0.478 e. The number of esters is 1. The van der Waals surface area contributed by atoms with E-state index in [9.17, 15) is 4.79 Å².